The number of rotatable bonds is 7. The standard InChI is InChI=1S/C11H20N4O2/c1-14(6-7-15-5-3-4-13-15)11(16)8-10(9-12)17-2/h3-5,10H,6-9,12H2,1-2H3. The molecule has 1 heterocycles. The van der Waals surface area contributed by atoms with E-state index in [9.17, 15) is 4.79 Å². The Bertz CT molecular complexity index is 322. The van der Waals surface area contributed by atoms with Crippen LogP contribution in [0.5, 0.6) is 0 Å². The first-order chi connectivity index (χ1) is 8.17. The molecule has 6 nitrogen and oxygen atoms in total. The molecule has 0 bridgehead atoms. The third kappa shape index (κ3) is 4.54. The van der Waals surface area contributed by atoms with E-state index in [-0.39, 0.29) is 12.0 Å². The van der Waals surface area contributed by atoms with E-state index in [4.69, 9.17) is 10.5 Å². The van der Waals surface area contributed by atoms with Crippen molar-refractivity contribution in [2.24, 2.45) is 5.73 Å². The molecular formula is C11H20N4O2. The summed E-state index contributed by atoms with van der Waals surface area (Å²) in [6.07, 6.45) is 3.71. The maximum Gasteiger partial charge on any atom is 0.225 e. The molecule has 1 rings (SSSR count). The van der Waals surface area contributed by atoms with Gasteiger partial charge in [-0.1, -0.05) is 0 Å². The third-order valence-corrected chi connectivity index (χ3v) is 2.65. The van der Waals surface area contributed by atoms with Gasteiger partial charge >= 0.3 is 0 Å². The Hall–Kier alpha value is -1.40. The Balaban J connectivity index is 2.31. The molecule has 6 heteroatoms. The number of methoxy groups -OCH3 is 1. The van der Waals surface area contributed by atoms with E-state index in [1.54, 1.807) is 29.9 Å². The molecule has 0 aliphatic carbocycles. The average Bonchev–Trinajstić information content (AvgIpc) is 2.85. The second-order valence-corrected chi connectivity index (χ2v) is 3.88. The van der Waals surface area contributed by atoms with Crippen LogP contribution in [0.2, 0.25) is 0 Å². The van der Waals surface area contributed by atoms with Crippen LogP contribution in [0.3, 0.4) is 0 Å². The molecule has 1 amide bonds. The van der Waals surface area contributed by atoms with Crippen molar-refractivity contribution in [1.82, 2.24) is 14.7 Å². The number of carbonyl (C=O) groups is 1. The normalized spacial score (nSPS) is 12.4. The molecule has 1 unspecified atom stereocenters. The molecule has 2 N–H and O–H groups in total. The monoisotopic (exact) mass is 240 g/mol. The van der Waals surface area contributed by atoms with Crippen molar-refractivity contribution in [1.29, 1.82) is 0 Å². The summed E-state index contributed by atoms with van der Waals surface area (Å²) in [6.45, 7) is 1.67. The van der Waals surface area contributed by atoms with Crippen molar-refractivity contribution in [3.63, 3.8) is 0 Å². The van der Waals surface area contributed by atoms with E-state index in [1.807, 2.05) is 12.3 Å². The van der Waals surface area contributed by atoms with Gasteiger partial charge in [-0.05, 0) is 6.07 Å². The fraction of sp³-hybridized carbons (Fsp3) is 0.636. The molecule has 1 aromatic rings. The van der Waals surface area contributed by atoms with Crippen LogP contribution >= 0.6 is 0 Å². The number of ether oxygens (including phenoxy) is 1. The average molecular weight is 240 g/mol. The molecule has 96 valence electrons. The van der Waals surface area contributed by atoms with Crippen molar-refractivity contribution in [3.05, 3.63) is 18.5 Å². The Labute approximate surface area is 101 Å². The van der Waals surface area contributed by atoms with E-state index in [0.717, 1.165) is 0 Å². The lowest BCUT2D eigenvalue weighted by molar-refractivity contribution is -0.132. The van der Waals surface area contributed by atoms with Gasteiger partial charge in [0.25, 0.3) is 0 Å². The number of nitrogens with two attached hydrogens (primary N) is 1. The van der Waals surface area contributed by atoms with E-state index in [0.29, 0.717) is 26.1 Å². The van der Waals surface area contributed by atoms with Crippen LogP contribution in [0.15, 0.2) is 18.5 Å². The van der Waals surface area contributed by atoms with Crippen molar-refractivity contribution in [2.75, 3.05) is 27.2 Å². The SMILES string of the molecule is COC(CN)CC(=O)N(C)CCn1cccn1. The maximum absolute atomic E-state index is 11.8. The molecule has 0 saturated heterocycles. The number of likely N-dealkylation sites (N-methyl/N-ethyl adjacent to an activating group) is 1. The first kappa shape index (κ1) is 13.7. The van der Waals surface area contributed by atoms with Gasteiger partial charge < -0.3 is 15.4 Å². The van der Waals surface area contributed by atoms with Gasteiger partial charge in [0, 0.05) is 39.6 Å². The van der Waals surface area contributed by atoms with E-state index in [1.165, 1.54) is 0 Å². The molecule has 0 aromatic carbocycles. The first-order valence-electron chi connectivity index (χ1n) is 5.61. The molecular weight excluding hydrogens is 220 g/mol. The molecule has 0 saturated carbocycles. The summed E-state index contributed by atoms with van der Waals surface area (Å²) in [7, 11) is 3.34. The summed E-state index contributed by atoms with van der Waals surface area (Å²) in [5.74, 6) is 0.0365. The summed E-state index contributed by atoms with van der Waals surface area (Å²) < 4.78 is 6.87. The number of aromatic nitrogens is 2. The van der Waals surface area contributed by atoms with Gasteiger partial charge in [-0.15, -0.1) is 0 Å². The second kappa shape index (κ2) is 7.03. The van der Waals surface area contributed by atoms with Crippen molar-refractivity contribution >= 4 is 5.91 Å². The van der Waals surface area contributed by atoms with Gasteiger partial charge in [0.05, 0.1) is 19.1 Å². The molecule has 0 aliphatic rings. The third-order valence-electron chi connectivity index (χ3n) is 2.65. The Kier molecular flexibility index (Phi) is 5.65. The van der Waals surface area contributed by atoms with E-state index < -0.39 is 0 Å². The molecule has 17 heavy (non-hydrogen) atoms. The van der Waals surface area contributed by atoms with Crippen molar-refractivity contribution in [3.8, 4) is 0 Å². The number of amides is 1. The minimum Gasteiger partial charge on any atom is -0.380 e. The molecule has 0 aliphatic heterocycles. The van der Waals surface area contributed by atoms with E-state index >= 15 is 0 Å². The van der Waals surface area contributed by atoms with Crippen LogP contribution in [-0.2, 0) is 16.1 Å². The minimum atomic E-state index is -0.199. The molecule has 0 spiro atoms. The highest BCUT2D eigenvalue weighted by molar-refractivity contribution is 5.76. The van der Waals surface area contributed by atoms with Gasteiger partial charge in [0.1, 0.15) is 0 Å². The fourth-order valence-corrected chi connectivity index (χ4v) is 1.42. The van der Waals surface area contributed by atoms with Crippen molar-refractivity contribution < 1.29 is 9.53 Å². The summed E-state index contributed by atoms with van der Waals surface area (Å²) >= 11 is 0. The fourth-order valence-electron chi connectivity index (χ4n) is 1.42. The summed E-state index contributed by atoms with van der Waals surface area (Å²) in [5, 5.41) is 4.07. The summed E-state index contributed by atoms with van der Waals surface area (Å²) in [6, 6.07) is 1.86. The van der Waals surface area contributed by atoms with Crippen LogP contribution in [0, 0.1) is 0 Å². The van der Waals surface area contributed by atoms with Crippen molar-refractivity contribution in [2.45, 2.75) is 19.1 Å². The van der Waals surface area contributed by atoms with Crippen LogP contribution in [-0.4, -0.2) is 53.9 Å². The lowest BCUT2D eigenvalue weighted by atomic mass is 10.2. The number of nitrogens with zero attached hydrogens (tertiary/aromatic N) is 3. The molecule has 1 atom stereocenters. The van der Waals surface area contributed by atoms with Gasteiger partial charge in [0.15, 0.2) is 0 Å². The second-order valence-electron chi connectivity index (χ2n) is 3.88. The first-order valence-corrected chi connectivity index (χ1v) is 5.61. The Morgan fingerprint density at radius 3 is 2.94 bits per heavy atom. The van der Waals surface area contributed by atoms with Gasteiger partial charge in [-0.2, -0.15) is 5.10 Å². The largest absolute Gasteiger partial charge is 0.380 e. The van der Waals surface area contributed by atoms with Gasteiger partial charge in [-0.3, -0.25) is 9.48 Å². The zero-order valence-electron chi connectivity index (χ0n) is 10.4. The van der Waals surface area contributed by atoms with E-state index in [2.05, 4.69) is 5.10 Å². The predicted octanol–water partition coefficient (Wildman–Crippen LogP) is -0.295. The topological polar surface area (TPSA) is 73.4 Å². The highest BCUT2D eigenvalue weighted by atomic mass is 16.5. The Morgan fingerprint density at radius 2 is 2.41 bits per heavy atom. The van der Waals surface area contributed by atoms with Gasteiger partial charge in [-0.25, -0.2) is 0 Å². The predicted molar refractivity (Wildman–Crippen MR) is 64.3 cm³/mol. The molecule has 0 fully saturated rings. The molecule has 1 aromatic heterocycles. The van der Waals surface area contributed by atoms with Gasteiger partial charge in [0.2, 0.25) is 5.91 Å². The van der Waals surface area contributed by atoms with Crippen LogP contribution in [0.25, 0.3) is 0 Å². The minimum absolute atomic E-state index is 0.0365. The lowest BCUT2D eigenvalue weighted by Crippen LogP contribution is -2.35. The lowest BCUT2D eigenvalue weighted by Gasteiger charge is -2.20. The van der Waals surface area contributed by atoms with Crippen LogP contribution in [0.1, 0.15) is 6.42 Å². The number of hydrogen-bond acceptors (Lipinski definition) is 4. The quantitative estimate of drug-likeness (QED) is 0.710. The summed E-state index contributed by atoms with van der Waals surface area (Å²) in [5.41, 5.74) is 5.47. The Morgan fingerprint density at radius 1 is 1.65 bits per heavy atom. The highest BCUT2D eigenvalue weighted by Crippen LogP contribution is 1.99. The highest BCUT2D eigenvalue weighted by Gasteiger charge is 2.14. The van der Waals surface area contributed by atoms with Crippen LogP contribution in [0.4, 0.5) is 0 Å². The number of hydrogen-bond donors (Lipinski definition) is 1. The zero-order chi connectivity index (χ0) is 12.7. The maximum atomic E-state index is 11.8. The smallest absolute Gasteiger partial charge is 0.225 e. The zero-order valence-corrected chi connectivity index (χ0v) is 10.4. The summed E-state index contributed by atoms with van der Waals surface area (Å²) in [4.78, 5) is 13.5. The van der Waals surface area contributed by atoms with Crippen LogP contribution < -0.4 is 5.73 Å². The number of carbonyl (C=O) groups excluding carboxylic acids is 1. The molecule has 0 radical (unpaired) electrons.